The molecule has 3 aliphatic heterocycles. The number of hydrogen-bond donors (Lipinski definition) is 0. The van der Waals surface area contributed by atoms with Gasteiger partial charge in [-0.1, -0.05) is 13.8 Å². The van der Waals surface area contributed by atoms with Gasteiger partial charge in [-0.05, 0) is 44.1 Å². The van der Waals surface area contributed by atoms with Gasteiger partial charge in [-0.15, -0.1) is 10.2 Å². The summed E-state index contributed by atoms with van der Waals surface area (Å²) in [6.45, 7) is 13.4. The Morgan fingerprint density at radius 3 is 2.54 bits per heavy atom. The number of fused-ring (bicyclic) bond motifs is 1. The minimum atomic E-state index is 0.595. The second-order valence-corrected chi connectivity index (χ2v) is 8.57. The first-order chi connectivity index (χ1) is 11.7. The van der Waals surface area contributed by atoms with Crippen molar-refractivity contribution in [2.45, 2.75) is 58.4 Å². The Balaban J connectivity index is 1.32. The van der Waals surface area contributed by atoms with Gasteiger partial charge in [0.25, 0.3) is 0 Å². The van der Waals surface area contributed by atoms with Crippen molar-refractivity contribution in [1.29, 1.82) is 0 Å². The fraction of sp³-hybridized carbons (Fsp3) is 0.895. The molecule has 0 unspecified atom stereocenters. The Kier molecular flexibility index (Phi) is 4.90. The van der Waals surface area contributed by atoms with Gasteiger partial charge in [-0.25, -0.2) is 0 Å². The zero-order valence-corrected chi connectivity index (χ0v) is 15.5. The van der Waals surface area contributed by atoms with Crippen LogP contribution in [0.5, 0.6) is 0 Å². The van der Waals surface area contributed by atoms with Crippen molar-refractivity contribution in [3.8, 4) is 0 Å². The molecule has 2 saturated heterocycles. The van der Waals surface area contributed by atoms with Crippen LogP contribution in [-0.4, -0.2) is 63.8 Å². The lowest BCUT2D eigenvalue weighted by Gasteiger charge is -2.38. The van der Waals surface area contributed by atoms with Crippen LogP contribution in [-0.2, 0) is 13.0 Å². The molecule has 5 heteroatoms. The molecule has 2 fully saturated rings. The molecule has 3 aliphatic rings. The van der Waals surface area contributed by atoms with E-state index in [-0.39, 0.29) is 0 Å². The molecule has 0 N–H and O–H groups in total. The highest BCUT2D eigenvalue weighted by Gasteiger charge is 2.29. The maximum atomic E-state index is 4.54. The van der Waals surface area contributed by atoms with E-state index in [2.05, 4.69) is 38.4 Å². The van der Waals surface area contributed by atoms with E-state index in [0.717, 1.165) is 24.8 Å². The number of aryl methyl sites for hydroxylation is 1. The smallest absolute Gasteiger partial charge is 0.137 e. The minimum Gasteiger partial charge on any atom is -0.315 e. The summed E-state index contributed by atoms with van der Waals surface area (Å²) < 4.78 is 2.40. The van der Waals surface area contributed by atoms with Gasteiger partial charge in [-0.3, -0.25) is 0 Å². The van der Waals surface area contributed by atoms with Crippen LogP contribution in [0, 0.1) is 11.8 Å². The van der Waals surface area contributed by atoms with Crippen molar-refractivity contribution in [2.24, 2.45) is 11.8 Å². The third kappa shape index (κ3) is 3.52. The molecule has 4 rings (SSSR count). The Bertz CT molecular complexity index is 544. The molecule has 0 bridgehead atoms. The van der Waals surface area contributed by atoms with Crippen LogP contribution < -0.4 is 0 Å². The molecule has 0 radical (unpaired) electrons. The highest BCUT2D eigenvalue weighted by Crippen LogP contribution is 2.28. The first-order valence-corrected chi connectivity index (χ1v) is 10.1. The zero-order chi connectivity index (χ0) is 16.5. The number of aromatic nitrogens is 3. The maximum absolute atomic E-state index is 4.54. The molecule has 5 nitrogen and oxygen atoms in total. The number of piperidine rings is 2. The SMILES string of the molecule is C[C@@H]1C[C@@H](C)CN(CCN2CCC[C@H](c3nnc4n3CCC4)C2)C1. The van der Waals surface area contributed by atoms with Crippen molar-refractivity contribution >= 4 is 0 Å². The van der Waals surface area contributed by atoms with Gasteiger partial charge in [0.05, 0.1) is 0 Å². The third-order valence-corrected chi connectivity index (χ3v) is 6.19. The average molecular weight is 332 g/mol. The highest BCUT2D eigenvalue weighted by molar-refractivity contribution is 5.07. The monoisotopic (exact) mass is 331 g/mol. The Labute approximate surface area is 146 Å². The summed E-state index contributed by atoms with van der Waals surface area (Å²) in [5, 5.41) is 8.96. The van der Waals surface area contributed by atoms with E-state index in [4.69, 9.17) is 0 Å². The first-order valence-electron chi connectivity index (χ1n) is 10.1. The van der Waals surface area contributed by atoms with Crippen molar-refractivity contribution in [2.75, 3.05) is 39.3 Å². The molecule has 0 aromatic carbocycles. The predicted molar refractivity (Wildman–Crippen MR) is 96.1 cm³/mol. The molecular weight excluding hydrogens is 298 g/mol. The minimum absolute atomic E-state index is 0.595. The summed E-state index contributed by atoms with van der Waals surface area (Å²) in [6.07, 6.45) is 6.36. The van der Waals surface area contributed by atoms with Crippen molar-refractivity contribution < 1.29 is 0 Å². The fourth-order valence-electron chi connectivity index (χ4n) is 5.20. The van der Waals surface area contributed by atoms with Gasteiger partial charge >= 0.3 is 0 Å². The van der Waals surface area contributed by atoms with Gasteiger partial charge in [0, 0.05) is 51.6 Å². The van der Waals surface area contributed by atoms with Gasteiger partial charge < -0.3 is 14.4 Å². The molecule has 0 saturated carbocycles. The first kappa shape index (κ1) is 16.5. The lowest BCUT2D eigenvalue weighted by molar-refractivity contribution is 0.112. The number of likely N-dealkylation sites (tertiary alicyclic amines) is 2. The van der Waals surface area contributed by atoms with E-state index in [1.165, 1.54) is 76.6 Å². The average Bonchev–Trinajstić information content (AvgIpc) is 3.15. The fourth-order valence-corrected chi connectivity index (χ4v) is 5.20. The van der Waals surface area contributed by atoms with E-state index in [9.17, 15) is 0 Å². The molecular formula is C19H33N5. The van der Waals surface area contributed by atoms with Crippen LogP contribution in [0.4, 0.5) is 0 Å². The Morgan fingerprint density at radius 1 is 0.917 bits per heavy atom. The van der Waals surface area contributed by atoms with Crippen LogP contribution in [0.2, 0.25) is 0 Å². The molecule has 0 aliphatic carbocycles. The van der Waals surface area contributed by atoms with Crippen LogP contribution in [0.25, 0.3) is 0 Å². The second kappa shape index (κ2) is 7.12. The normalized spacial score (nSPS) is 32.2. The maximum Gasteiger partial charge on any atom is 0.137 e. The van der Waals surface area contributed by atoms with Crippen molar-refractivity contribution in [3.05, 3.63) is 11.6 Å². The van der Waals surface area contributed by atoms with E-state index in [1.54, 1.807) is 0 Å². The molecule has 4 heterocycles. The van der Waals surface area contributed by atoms with Gasteiger partial charge in [-0.2, -0.15) is 0 Å². The topological polar surface area (TPSA) is 37.2 Å². The molecule has 1 aromatic rings. The summed E-state index contributed by atoms with van der Waals surface area (Å²) >= 11 is 0. The number of nitrogens with zero attached hydrogens (tertiary/aromatic N) is 5. The summed E-state index contributed by atoms with van der Waals surface area (Å²) in [7, 11) is 0. The molecule has 0 spiro atoms. The number of hydrogen-bond acceptors (Lipinski definition) is 4. The van der Waals surface area contributed by atoms with Gasteiger partial charge in [0.2, 0.25) is 0 Å². The van der Waals surface area contributed by atoms with Crippen LogP contribution in [0.1, 0.15) is 57.1 Å². The molecule has 1 aromatic heterocycles. The second-order valence-electron chi connectivity index (χ2n) is 8.57. The van der Waals surface area contributed by atoms with Gasteiger partial charge in [0.1, 0.15) is 11.6 Å². The summed E-state index contributed by atoms with van der Waals surface area (Å²) in [5.74, 6) is 4.81. The summed E-state index contributed by atoms with van der Waals surface area (Å²) in [5.41, 5.74) is 0. The zero-order valence-electron chi connectivity index (χ0n) is 15.5. The van der Waals surface area contributed by atoms with Gasteiger partial charge in [0.15, 0.2) is 0 Å². The lowest BCUT2D eigenvalue weighted by atomic mass is 9.92. The quantitative estimate of drug-likeness (QED) is 0.849. The molecule has 3 atom stereocenters. The standard InChI is InChI=1S/C19H33N5/c1-15-11-16(2)13-23(12-15)10-9-22-7-3-5-17(14-22)19-21-20-18-6-4-8-24(18)19/h15-17H,3-14H2,1-2H3/t15-,16-,17+/m1/s1. The largest absolute Gasteiger partial charge is 0.315 e. The van der Waals surface area contributed by atoms with Crippen LogP contribution in [0.3, 0.4) is 0 Å². The van der Waals surface area contributed by atoms with E-state index in [0.29, 0.717) is 5.92 Å². The summed E-state index contributed by atoms with van der Waals surface area (Å²) in [4.78, 5) is 5.37. The highest BCUT2D eigenvalue weighted by atomic mass is 15.3. The Hall–Kier alpha value is -0.940. The number of rotatable bonds is 4. The molecule has 24 heavy (non-hydrogen) atoms. The predicted octanol–water partition coefficient (Wildman–Crippen LogP) is 2.38. The van der Waals surface area contributed by atoms with Crippen molar-refractivity contribution in [1.82, 2.24) is 24.6 Å². The van der Waals surface area contributed by atoms with E-state index < -0.39 is 0 Å². The third-order valence-electron chi connectivity index (χ3n) is 6.19. The molecule has 134 valence electrons. The lowest BCUT2D eigenvalue weighted by Crippen LogP contribution is -2.45. The van der Waals surface area contributed by atoms with E-state index in [1.807, 2.05) is 0 Å². The van der Waals surface area contributed by atoms with E-state index >= 15 is 0 Å². The van der Waals surface area contributed by atoms with Crippen LogP contribution >= 0.6 is 0 Å². The van der Waals surface area contributed by atoms with Crippen molar-refractivity contribution in [3.63, 3.8) is 0 Å². The van der Waals surface area contributed by atoms with Crippen LogP contribution in [0.15, 0.2) is 0 Å². The molecule has 0 amide bonds. The summed E-state index contributed by atoms with van der Waals surface area (Å²) in [6, 6.07) is 0. The Morgan fingerprint density at radius 2 is 1.71 bits per heavy atom.